The lowest BCUT2D eigenvalue weighted by atomic mass is 10.1. The average Bonchev–Trinajstić information content (AvgIpc) is 2.65. The molecule has 1 aromatic rings. The largest absolute Gasteiger partial charge is 0.337 e. The van der Waals surface area contributed by atoms with Crippen molar-refractivity contribution in [2.45, 2.75) is 13.3 Å². The number of carbonyl (C=O) groups excluding carboxylic acids is 1. The fraction of sp³-hybridized carbons (Fsp3) is 0.462. The van der Waals surface area contributed by atoms with Gasteiger partial charge in [-0.2, -0.15) is 0 Å². The Morgan fingerprint density at radius 3 is 2.76 bits per heavy atom. The van der Waals surface area contributed by atoms with E-state index in [-0.39, 0.29) is 29.2 Å². The molecule has 1 amide bonds. The summed E-state index contributed by atoms with van der Waals surface area (Å²) in [6.45, 7) is 3.84. The van der Waals surface area contributed by atoms with Crippen LogP contribution in [0.2, 0.25) is 0 Å². The monoisotopic (exact) mass is 317 g/mol. The van der Waals surface area contributed by atoms with E-state index in [0.29, 0.717) is 19.6 Å². The van der Waals surface area contributed by atoms with Gasteiger partial charge in [-0.1, -0.05) is 0 Å². The van der Waals surface area contributed by atoms with E-state index in [0.717, 1.165) is 25.1 Å². The normalized spacial score (nSPS) is 15.0. The van der Waals surface area contributed by atoms with Gasteiger partial charge in [-0.15, -0.1) is 12.4 Å². The molecule has 0 aliphatic carbocycles. The smallest absolute Gasteiger partial charge is 0.285 e. The molecule has 0 aromatic heterocycles. The first-order valence-corrected chi connectivity index (χ1v) is 6.45. The molecule has 1 fully saturated rings. The van der Waals surface area contributed by atoms with Crippen molar-refractivity contribution < 1.29 is 14.1 Å². The first-order chi connectivity index (χ1) is 9.50. The lowest BCUT2D eigenvalue weighted by molar-refractivity contribution is -0.385. The van der Waals surface area contributed by atoms with Crippen molar-refractivity contribution in [3.63, 3.8) is 0 Å². The van der Waals surface area contributed by atoms with Crippen molar-refractivity contribution in [2.24, 2.45) is 0 Å². The Balaban J connectivity index is 0.00000220. The minimum absolute atomic E-state index is 0. The summed E-state index contributed by atoms with van der Waals surface area (Å²) in [6, 6.07) is 2.02. The lowest BCUT2D eigenvalue weighted by Gasteiger charge is -2.20. The van der Waals surface area contributed by atoms with E-state index in [2.05, 4.69) is 5.32 Å². The van der Waals surface area contributed by atoms with Crippen molar-refractivity contribution in [1.82, 2.24) is 10.2 Å². The molecule has 2 rings (SSSR count). The van der Waals surface area contributed by atoms with Crippen molar-refractivity contribution in [2.75, 3.05) is 26.2 Å². The Morgan fingerprint density at radius 1 is 1.38 bits per heavy atom. The molecule has 6 nitrogen and oxygen atoms in total. The van der Waals surface area contributed by atoms with Gasteiger partial charge in [0.05, 0.1) is 4.92 Å². The average molecular weight is 318 g/mol. The molecule has 0 spiro atoms. The molecule has 0 atom stereocenters. The fourth-order valence-corrected chi connectivity index (χ4v) is 2.36. The summed E-state index contributed by atoms with van der Waals surface area (Å²) in [4.78, 5) is 24.4. The van der Waals surface area contributed by atoms with Crippen molar-refractivity contribution in [3.8, 4) is 0 Å². The summed E-state index contributed by atoms with van der Waals surface area (Å²) >= 11 is 0. The molecular formula is C13H17ClFN3O3. The maximum absolute atomic E-state index is 13.5. The van der Waals surface area contributed by atoms with E-state index in [9.17, 15) is 19.3 Å². The number of carbonyl (C=O) groups is 1. The molecule has 1 heterocycles. The molecule has 1 aliphatic rings. The molecule has 1 aliphatic heterocycles. The van der Waals surface area contributed by atoms with Gasteiger partial charge in [0, 0.05) is 25.2 Å². The maximum Gasteiger partial charge on any atom is 0.285 e. The van der Waals surface area contributed by atoms with Gasteiger partial charge >= 0.3 is 0 Å². The number of hydrogen-bond acceptors (Lipinski definition) is 4. The van der Waals surface area contributed by atoms with E-state index in [1.807, 2.05) is 0 Å². The highest BCUT2D eigenvalue weighted by Gasteiger charge is 2.28. The summed E-state index contributed by atoms with van der Waals surface area (Å²) in [5.41, 5.74) is -0.325. The highest BCUT2D eigenvalue weighted by molar-refractivity contribution is 5.98. The molecule has 0 unspecified atom stereocenters. The number of halogens is 2. The predicted molar refractivity (Wildman–Crippen MR) is 78.4 cm³/mol. The SMILES string of the molecule is Cc1cc(F)cc(C(=O)N2CCCNCC2)c1[N+](=O)[O-].Cl. The van der Waals surface area contributed by atoms with Gasteiger partial charge < -0.3 is 10.2 Å². The van der Waals surface area contributed by atoms with Crippen LogP contribution in [0.1, 0.15) is 22.3 Å². The van der Waals surface area contributed by atoms with E-state index < -0.39 is 16.6 Å². The van der Waals surface area contributed by atoms with Gasteiger partial charge in [0.25, 0.3) is 11.6 Å². The number of hydrogen-bond donors (Lipinski definition) is 1. The van der Waals surface area contributed by atoms with Crippen LogP contribution in [-0.2, 0) is 0 Å². The van der Waals surface area contributed by atoms with E-state index in [4.69, 9.17) is 0 Å². The first-order valence-electron chi connectivity index (χ1n) is 6.45. The lowest BCUT2D eigenvalue weighted by Crippen LogP contribution is -2.34. The highest BCUT2D eigenvalue weighted by atomic mass is 35.5. The van der Waals surface area contributed by atoms with Crippen molar-refractivity contribution in [1.29, 1.82) is 0 Å². The van der Waals surface area contributed by atoms with Gasteiger partial charge in [0.15, 0.2) is 0 Å². The Morgan fingerprint density at radius 2 is 2.10 bits per heavy atom. The second kappa shape index (κ2) is 7.33. The molecule has 21 heavy (non-hydrogen) atoms. The van der Waals surface area contributed by atoms with Crippen molar-refractivity contribution >= 4 is 24.0 Å². The minimum Gasteiger partial charge on any atom is -0.337 e. The van der Waals surface area contributed by atoms with Gasteiger partial charge in [-0.25, -0.2) is 4.39 Å². The van der Waals surface area contributed by atoms with Gasteiger partial charge in [-0.3, -0.25) is 14.9 Å². The second-order valence-electron chi connectivity index (χ2n) is 4.77. The van der Waals surface area contributed by atoms with E-state index in [1.165, 1.54) is 11.8 Å². The van der Waals surface area contributed by atoms with Crippen LogP contribution < -0.4 is 5.32 Å². The zero-order chi connectivity index (χ0) is 14.7. The number of rotatable bonds is 2. The standard InChI is InChI=1S/C13H16FN3O3.ClH/c1-9-7-10(14)8-11(12(9)17(19)20)13(18)16-5-2-3-15-4-6-16;/h7-8,15H,2-6H2,1H3;1H. The molecule has 0 radical (unpaired) electrons. The molecule has 1 N–H and O–H groups in total. The van der Waals surface area contributed by atoms with Crippen LogP contribution in [0, 0.1) is 22.9 Å². The Kier molecular flexibility index (Phi) is 6.04. The molecule has 8 heteroatoms. The van der Waals surface area contributed by atoms with Crippen LogP contribution in [0.15, 0.2) is 12.1 Å². The Bertz CT molecular complexity index is 546. The number of nitrogens with one attached hydrogen (secondary N) is 1. The fourth-order valence-electron chi connectivity index (χ4n) is 2.36. The molecule has 116 valence electrons. The summed E-state index contributed by atoms with van der Waals surface area (Å²) < 4.78 is 13.5. The molecule has 1 saturated heterocycles. The van der Waals surface area contributed by atoms with Crippen molar-refractivity contribution in [3.05, 3.63) is 39.2 Å². The van der Waals surface area contributed by atoms with Crippen LogP contribution in [0.5, 0.6) is 0 Å². The minimum atomic E-state index is -0.635. The number of benzene rings is 1. The second-order valence-corrected chi connectivity index (χ2v) is 4.77. The van der Waals surface area contributed by atoms with Crippen LogP contribution in [0.3, 0.4) is 0 Å². The molecule has 0 bridgehead atoms. The third-order valence-corrected chi connectivity index (χ3v) is 3.31. The maximum atomic E-state index is 13.5. The Hall–Kier alpha value is -1.73. The number of amides is 1. The third kappa shape index (κ3) is 3.89. The Labute approximate surface area is 127 Å². The van der Waals surface area contributed by atoms with Gasteiger partial charge in [0.1, 0.15) is 11.4 Å². The molecule has 1 aromatic carbocycles. The zero-order valence-corrected chi connectivity index (χ0v) is 12.4. The predicted octanol–water partition coefficient (Wildman–Crippen LogP) is 1.90. The van der Waals surface area contributed by atoms with Gasteiger partial charge in [-0.05, 0) is 32.0 Å². The number of nitrogens with zero attached hydrogens (tertiary/aromatic N) is 2. The third-order valence-electron chi connectivity index (χ3n) is 3.31. The molecule has 0 saturated carbocycles. The first kappa shape index (κ1) is 17.3. The van der Waals surface area contributed by atoms with E-state index >= 15 is 0 Å². The van der Waals surface area contributed by atoms with Crippen LogP contribution in [0.4, 0.5) is 10.1 Å². The number of nitro benzene ring substituents is 1. The summed E-state index contributed by atoms with van der Waals surface area (Å²) in [5.74, 6) is -1.12. The summed E-state index contributed by atoms with van der Waals surface area (Å²) in [7, 11) is 0. The summed E-state index contributed by atoms with van der Waals surface area (Å²) in [5, 5.41) is 14.3. The quantitative estimate of drug-likeness (QED) is 0.667. The zero-order valence-electron chi connectivity index (χ0n) is 11.6. The number of aryl methyl sites for hydroxylation is 1. The summed E-state index contributed by atoms with van der Waals surface area (Å²) in [6.07, 6.45) is 0.772. The van der Waals surface area contributed by atoms with Crippen LogP contribution >= 0.6 is 12.4 Å². The van der Waals surface area contributed by atoms with Crippen LogP contribution in [0.25, 0.3) is 0 Å². The van der Waals surface area contributed by atoms with Crippen LogP contribution in [-0.4, -0.2) is 41.9 Å². The number of nitro groups is 1. The topological polar surface area (TPSA) is 75.5 Å². The highest BCUT2D eigenvalue weighted by Crippen LogP contribution is 2.26. The van der Waals surface area contributed by atoms with E-state index in [1.54, 1.807) is 0 Å². The molecular weight excluding hydrogens is 301 g/mol. The van der Waals surface area contributed by atoms with Gasteiger partial charge in [0.2, 0.25) is 0 Å².